The highest BCUT2D eigenvalue weighted by molar-refractivity contribution is 7.91. The number of carbonyl (C=O) groups is 1. The number of amides is 1. The van der Waals surface area contributed by atoms with Crippen molar-refractivity contribution in [2.45, 2.75) is 29.3 Å². The first-order valence-corrected chi connectivity index (χ1v) is 11.2. The second-order valence-electron chi connectivity index (χ2n) is 7.10. The van der Waals surface area contributed by atoms with Crippen molar-refractivity contribution in [1.29, 1.82) is 0 Å². The van der Waals surface area contributed by atoms with E-state index in [0.29, 0.717) is 17.4 Å². The van der Waals surface area contributed by atoms with Gasteiger partial charge in [0.05, 0.1) is 16.1 Å². The number of nitrogens with zero attached hydrogens (tertiary/aromatic N) is 3. The van der Waals surface area contributed by atoms with Crippen LogP contribution in [0.25, 0.3) is 10.9 Å². The van der Waals surface area contributed by atoms with Gasteiger partial charge in [-0.2, -0.15) is 0 Å². The first-order chi connectivity index (χ1) is 14.9. The van der Waals surface area contributed by atoms with Crippen molar-refractivity contribution in [2.24, 2.45) is 0 Å². The summed E-state index contributed by atoms with van der Waals surface area (Å²) >= 11 is 0. The Morgan fingerprint density at radius 2 is 1.87 bits per heavy atom. The summed E-state index contributed by atoms with van der Waals surface area (Å²) in [5.74, 6) is -0.719. The van der Waals surface area contributed by atoms with Gasteiger partial charge in [0, 0.05) is 42.6 Å². The minimum atomic E-state index is -3.87. The number of aromatic nitrogens is 3. The molecule has 0 saturated heterocycles. The van der Waals surface area contributed by atoms with Gasteiger partial charge in [-0.1, -0.05) is 18.2 Å². The third-order valence-corrected chi connectivity index (χ3v) is 6.75. The Kier molecular flexibility index (Phi) is 5.85. The summed E-state index contributed by atoms with van der Waals surface area (Å²) in [6, 6.07) is 11.7. The van der Waals surface area contributed by atoms with Gasteiger partial charge in [0.15, 0.2) is 0 Å². The predicted molar refractivity (Wildman–Crippen MR) is 114 cm³/mol. The number of hydrogen-bond acceptors (Lipinski definition) is 4. The molecule has 4 rings (SSSR count). The van der Waals surface area contributed by atoms with E-state index in [1.807, 2.05) is 10.8 Å². The van der Waals surface area contributed by atoms with Crippen molar-refractivity contribution in [3.05, 3.63) is 79.3 Å². The number of para-hydroxylation sites is 1. The van der Waals surface area contributed by atoms with E-state index in [-0.39, 0.29) is 22.2 Å². The van der Waals surface area contributed by atoms with Crippen LogP contribution in [0.5, 0.6) is 0 Å². The third-order valence-electron chi connectivity index (χ3n) is 4.95. The highest BCUT2D eigenvalue weighted by Gasteiger charge is 2.23. The predicted octanol–water partition coefficient (Wildman–Crippen LogP) is 3.02. The molecule has 0 aliphatic rings. The molecule has 0 atom stereocenters. The largest absolute Gasteiger partial charge is 0.354 e. The molecule has 4 aromatic rings. The number of carbonyl (C=O) groups excluding carboxylic acids is 1. The lowest BCUT2D eigenvalue weighted by molar-refractivity contribution is -0.121. The minimum Gasteiger partial charge on any atom is -0.354 e. The maximum absolute atomic E-state index is 13.2. The highest BCUT2D eigenvalue weighted by atomic mass is 32.2. The van der Waals surface area contributed by atoms with Crippen LogP contribution < -0.4 is 5.32 Å². The van der Waals surface area contributed by atoms with E-state index in [2.05, 4.69) is 10.3 Å². The molecule has 2 aromatic heterocycles. The number of imidazole rings is 1. The quantitative estimate of drug-likeness (QED) is 0.337. The van der Waals surface area contributed by atoms with Crippen molar-refractivity contribution in [3.63, 3.8) is 0 Å². The van der Waals surface area contributed by atoms with Crippen LogP contribution in [-0.4, -0.2) is 35.0 Å². The van der Waals surface area contributed by atoms with Crippen molar-refractivity contribution in [1.82, 2.24) is 19.4 Å². The van der Waals surface area contributed by atoms with Crippen LogP contribution in [0.3, 0.4) is 0 Å². The van der Waals surface area contributed by atoms with Crippen LogP contribution in [-0.2, 0) is 27.7 Å². The smallest absolute Gasteiger partial charge is 0.239 e. The maximum atomic E-state index is 13.2. The van der Waals surface area contributed by atoms with Gasteiger partial charge in [0.2, 0.25) is 15.7 Å². The molecular formula is C22H21FN4O3S. The lowest BCUT2D eigenvalue weighted by Crippen LogP contribution is -2.28. The topological polar surface area (TPSA) is 86.0 Å². The van der Waals surface area contributed by atoms with Crippen LogP contribution in [0.15, 0.2) is 83.2 Å². The molecule has 0 fully saturated rings. The zero-order valence-corrected chi connectivity index (χ0v) is 17.4. The Morgan fingerprint density at radius 3 is 2.61 bits per heavy atom. The van der Waals surface area contributed by atoms with Crippen LogP contribution in [0.1, 0.15) is 6.42 Å². The van der Waals surface area contributed by atoms with E-state index in [0.717, 1.165) is 25.1 Å². The van der Waals surface area contributed by atoms with Gasteiger partial charge in [-0.25, -0.2) is 17.8 Å². The van der Waals surface area contributed by atoms with Gasteiger partial charge in [-0.15, -0.1) is 0 Å². The van der Waals surface area contributed by atoms with Crippen molar-refractivity contribution in [2.75, 3.05) is 6.54 Å². The lowest BCUT2D eigenvalue weighted by atomic mass is 10.2. The number of hydrogen-bond donors (Lipinski definition) is 1. The van der Waals surface area contributed by atoms with E-state index < -0.39 is 15.7 Å². The molecule has 31 heavy (non-hydrogen) atoms. The van der Waals surface area contributed by atoms with Gasteiger partial charge in [-0.3, -0.25) is 4.79 Å². The van der Waals surface area contributed by atoms with Gasteiger partial charge < -0.3 is 14.5 Å². The number of benzene rings is 2. The van der Waals surface area contributed by atoms with E-state index in [1.54, 1.807) is 41.4 Å². The SMILES string of the molecule is O=C(Cn1cc(S(=O)(=O)c2ccc(F)cc2)c2ccccc21)NCCCn1ccnc1. The van der Waals surface area contributed by atoms with E-state index in [1.165, 1.54) is 18.3 Å². The molecule has 0 aliphatic heterocycles. The maximum Gasteiger partial charge on any atom is 0.239 e. The average Bonchev–Trinajstić information content (AvgIpc) is 3.40. The summed E-state index contributed by atoms with van der Waals surface area (Å²) in [5.41, 5.74) is 0.636. The molecule has 1 N–H and O–H groups in total. The van der Waals surface area contributed by atoms with Gasteiger partial charge in [-0.05, 0) is 36.8 Å². The standard InChI is InChI=1S/C22H21FN4O3S/c23-17-6-8-18(9-7-17)31(29,30)21-14-27(20-5-2-1-4-19(20)21)15-22(28)25-10-3-12-26-13-11-24-16-26/h1-2,4-9,11,13-14,16H,3,10,12,15H2,(H,25,28). The number of rotatable bonds is 8. The van der Waals surface area contributed by atoms with Gasteiger partial charge in [0.1, 0.15) is 12.4 Å². The second-order valence-corrected chi connectivity index (χ2v) is 9.02. The number of aryl methyl sites for hydroxylation is 1. The number of fused-ring (bicyclic) bond motifs is 1. The average molecular weight is 441 g/mol. The summed E-state index contributed by atoms with van der Waals surface area (Å²) in [4.78, 5) is 16.5. The molecule has 7 nitrogen and oxygen atoms in total. The molecule has 0 unspecified atom stereocenters. The van der Waals surface area contributed by atoms with Crippen LogP contribution in [0, 0.1) is 5.82 Å². The number of nitrogens with one attached hydrogen (secondary N) is 1. The number of sulfone groups is 1. The third kappa shape index (κ3) is 4.51. The van der Waals surface area contributed by atoms with Crippen LogP contribution in [0.4, 0.5) is 4.39 Å². The summed E-state index contributed by atoms with van der Waals surface area (Å²) in [6.07, 6.45) is 7.49. The fraction of sp³-hybridized carbons (Fsp3) is 0.182. The van der Waals surface area contributed by atoms with Crippen molar-refractivity contribution in [3.8, 4) is 0 Å². The Labute approximate surface area is 179 Å². The Bertz CT molecular complexity index is 1300. The number of halogens is 1. The van der Waals surface area contributed by atoms with Gasteiger partial charge in [0.25, 0.3) is 0 Å². The zero-order valence-electron chi connectivity index (χ0n) is 16.6. The first kappa shape index (κ1) is 20.8. The molecule has 0 bridgehead atoms. The Morgan fingerprint density at radius 1 is 1.10 bits per heavy atom. The normalized spacial score (nSPS) is 11.6. The Balaban J connectivity index is 1.52. The molecule has 2 heterocycles. The molecule has 160 valence electrons. The first-order valence-electron chi connectivity index (χ1n) is 9.76. The van der Waals surface area contributed by atoms with Crippen molar-refractivity contribution < 1.29 is 17.6 Å². The molecule has 0 radical (unpaired) electrons. The molecule has 9 heteroatoms. The van der Waals surface area contributed by atoms with Crippen LogP contribution in [0.2, 0.25) is 0 Å². The molecular weight excluding hydrogens is 419 g/mol. The fourth-order valence-corrected chi connectivity index (χ4v) is 4.89. The van der Waals surface area contributed by atoms with E-state index in [9.17, 15) is 17.6 Å². The van der Waals surface area contributed by atoms with Gasteiger partial charge >= 0.3 is 0 Å². The summed E-state index contributed by atoms with van der Waals surface area (Å²) in [6.45, 7) is 1.23. The molecule has 1 amide bonds. The molecule has 0 saturated carbocycles. The monoisotopic (exact) mass is 440 g/mol. The molecule has 0 spiro atoms. The van der Waals surface area contributed by atoms with Crippen LogP contribution >= 0.6 is 0 Å². The fourth-order valence-electron chi connectivity index (χ4n) is 3.42. The highest BCUT2D eigenvalue weighted by Crippen LogP contribution is 2.30. The van der Waals surface area contributed by atoms with E-state index >= 15 is 0 Å². The minimum absolute atomic E-state index is 0.000700. The zero-order chi connectivity index (χ0) is 21.8. The molecule has 2 aromatic carbocycles. The molecule has 0 aliphatic carbocycles. The Hall–Kier alpha value is -3.46. The lowest BCUT2D eigenvalue weighted by Gasteiger charge is -2.07. The second kappa shape index (κ2) is 8.73. The summed E-state index contributed by atoms with van der Waals surface area (Å²) in [5, 5.41) is 3.37. The van der Waals surface area contributed by atoms with E-state index in [4.69, 9.17) is 0 Å². The summed E-state index contributed by atoms with van der Waals surface area (Å²) in [7, 11) is -3.87. The summed E-state index contributed by atoms with van der Waals surface area (Å²) < 4.78 is 43.1. The van der Waals surface area contributed by atoms with Crippen molar-refractivity contribution >= 4 is 26.6 Å².